The van der Waals surface area contributed by atoms with Crippen LogP contribution in [0.1, 0.15) is 47.0 Å². The maximum absolute atomic E-state index is 10.6. The highest BCUT2D eigenvalue weighted by molar-refractivity contribution is 5.53. The van der Waals surface area contributed by atoms with E-state index in [2.05, 4.69) is 27.7 Å². The topological polar surface area (TPSA) is 17.1 Å². The zero-order chi connectivity index (χ0) is 8.91. The SMILES string of the molecule is CCCC(C=O)CC(C)(C)C. The zero-order valence-electron chi connectivity index (χ0n) is 8.18. The van der Waals surface area contributed by atoms with Crippen molar-refractivity contribution in [3.05, 3.63) is 0 Å². The van der Waals surface area contributed by atoms with Gasteiger partial charge in [0.15, 0.2) is 0 Å². The van der Waals surface area contributed by atoms with E-state index in [1.807, 2.05) is 0 Å². The molecule has 0 aliphatic rings. The van der Waals surface area contributed by atoms with Crippen LogP contribution < -0.4 is 0 Å². The molecule has 0 aliphatic heterocycles. The van der Waals surface area contributed by atoms with Crippen molar-refractivity contribution >= 4 is 6.29 Å². The lowest BCUT2D eigenvalue weighted by molar-refractivity contribution is -0.112. The lowest BCUT2D eigenvalue weighted by Gasteiger charge is -2.21. The second-order valence-corrected chi connectivity index (χ2v) is 4.45. The molecule has 0 saturated carbocycles. The van der Waals surface area contributed by atoms with E-state index in [0.29, 0.717) is 5.41 Å². The van der Waals surface area contributed by atoms with Gasteiger partial charge in [0, 0.05) is 5.92 Å². The van der Waals surface area contributed by atoms with Crippen molar-refractivity contribution in [3.8, 4) is 0 Å². The van der Waals surface area contributed by atoms with Gasteiger partial charge in [-0.15, -0.1) is 0 Å². The van der Waals surface area contributed by atoms with Crippen LogP contribution in [0.5, 0.6) is 0 Å². The van der Waals surface area contributed by atoms with Crippen LogP contribution in [0.3, 0.4) is 0 Å². The van der Waals surface area contributed by atoms with Gasteiger partial charge < -0.3 is 4.79 Å². The van der Waals surface area contributed by atoms with Crippen molar-refractivity contribution in [2.45, 2.75) is 47.0 Å². The van der Waals surface area contributed by atoms with E-state index >= 15 is 0 Å². The fraction of sp³-hybridized carbons (Fsp3) is 0.900. The lowest BCUT2D eigenvalue weighted by atomic mass is 9.83. The zero-order valence-corrected chi connectivity index (χ0v) is 8.18. The average Bonchev–Trinajstić information content (AvgIpc) is 1.84. The minimum Gasteiger partial charge on any atom is -0.303 e. The van der Waals surface area contributed by atoms with Crippen molar-refractivity contribution < 1.29 is 4.79 Å². The van der Waals surface area contributed by atoms with Gasteiger partial charge in [-0.05, 0) is 18.3 Å². The van der Waals surface area contributed by atoms with Crippen molar-refractivity contribution in [3.63, 3.8) is 0 Å². The summed E-state index contributed by atoms with van der Waals surface area (Å²) in [6.07, 6.45) is 4.28. The molecule has 0 amide bonds. The molecule has 0 aromatic carbocycles. The Morgan fingerprint density at radius 2 is 1.91 bits per heavy atom. The predicted octanol–water partition coefficient (Wildman–Crippen LogP) is 3.04. The minimum absolute atomic E-state index is 0.278. The van der Waals surface area contributed by atoms with E-state index in [-0.39, 0.29) is 5.92 Å². The summed E-state index contributed by atoms with van der Waals surface area (Å²) in [5, 5.41) is 0. The lowest BCUT2D eigenvalue weighted by Crippen LogP contribution is -2.14. The third-order valence-electron chi connectivity index (χ3n) is 1.73. The van der Waals surface area contributed by atoms with E-state index in [1.165, 1.54) is 0 Å². The molecule has 1 unspecified atom stereocenters. The number of aldehydes is 1. The Labute approximate surface area is 70.2 Å². The molecule has 0 spiro atoms. The number of rotatable bonds is 4. The molecule has 0 heterocycles. The normalized spacial score (nSPS) is 14.5. The summed E-state index contributed by atoms with van der Waals surface area (Å²) in [5.41, 5.74) is 0.292. The van der Waals surface area contributed by atoms with E-state index < -0.39 is 0 Å². The summed E-state index contributed by atoms with van der Waals surface area (Å²) >= 11 is 0. The number of carbonyl (C=O) groups excluding carboxylic acids is 1. The molecule has 0 aromatic rings. The Kier molecular flexibility index (Phi) is 4.39. The Balaban J connectivity index is 3.77. The molecule has 11 heavy (non-hydrogen) atoms. The van der Waals surface area contributed by atoms with Gasteiger partial charge in [0.05, 0.1) is 0 Å². The highest BCUT2D eigenvalue weighted by Crippen LogP contribution is 2.25. The van der Waals surface area contributed by atoms with Crippen molar-refractivity contribution in [1.29, 1.82) is 0 Å². The first-order chi connectivity index (χ1) is 4.99. The van der Waals surface area contributed by atoms with Crippen LogP contribution in [-0.4, -0.2) is 6.29 Å². The van der Waals surface area contributed by atoms with Crippen LogP contribution in [0.2, 0.25) is 0 Å². The first-order valence-electron chi connectivity index (χ1n) is 4.45. The highest BCUT2D eigenvalue weighted by Gasteiger charge is 2.16. The second-order valence-electron chi connectivity index (χ2n) is 4.45. The fourth-order valence-electron chi connectivity index (χ4n) is 1.38. The Morgan fingerprint density at radius 3 is 2.18 bits per heavy atom. The van der Waals surface area contributed by atoms with E-state index in [9.17, 15) is 4.79 Å². The minimum atomic E-state index is 0.278. The maximum atomic E-state index is 10.6. The molecule has 1 nitrogen and oxygen atoms in total. The Bertz CT molecular complexity index is 111. The average molecular weight is 156 g/mol. The van der Waals surface area contributed by atoms with Crippen molar-refractivity contribution in [1.82, 2.24) is 0 Å². The molecule has 0 aliphatic carbocycles. The molecule has 0 fully saturated rings. The van der Waals surface area contributed by atoms with Gasteiger partial charge >= 0.3 is 0 Å². The highest BCUT2D eigenvalue weighted by atomic mass is 16.1. The largest absolute Gasteiger partial charge is 0.303 e. The quantitative estimate of drug-likeness (QED) is 0.572. The summed E-state index contributed by atoms with van der Waals surface area (Å²) < 4.78 is 0. The molecule has 0 N–H and O–H groups in total. The Morgan fingerprint density at radius 1 is 1.36 bits per heavy atom. The van der Waals surface area contributed by atoms with Crippen molar-refractivity contribution in [2.75, 3.05) is 0 Å². The van der Waals surface area contributed by atoms with Gasteiger partial charge in [-0.2, -0.15) is 0 Å². The standard InChI is InChI=1S/C10H20O/c1-5-6-9(8-11)7-10(2,3)4/h8-9H,5-7H2,1-4H3. The van der Waals surface area contributed by atoms with Crippen LogP contribution in [0, 0.1) is 11.3 Å². The summed E-state index contributed by atoms with van der Waals surface area (Å²) in [4.78, 5) is 10.6. The molecule has 0 radical (unpaired) electrons. The fourth-order valence-corrected chi connectivity index (χ4v) is 1.38. The molecule has 0 rings (SSSR count). The van der Waals surface area contributed by atoms with E-state index in [1.54, 1.807) is 0 Å². The molecule has 66 valence electrons. The molecule has 1 atom stereocenters. The predicted molar refractivity (Wildman–Crippen MR) is 48.5 cm³/mol. The maximum Gasteiger partial charge on any atom is 0.123 e. The molecule has 0 saturated heterocycles. The number of carbonyl (C=O) groups is 1. The number of hydrogen-bond donors (Lipinski definition) is 0. The summed E-state index contributed by atoms with van der Waals surface area (Å²) in [6.45, 7) is 8.66. The van der Waals surface area contributed by atoms with E-state index in [4.69, 9.17) is 0 Å². The van der Waals surface area contributed by atoms with Crippen LogP contribution in [0.15, 0.2) is 0 Å². The van der Waals surface area contributed by atoms with Gasteiger partial charge in [-0.25, -0.2) is 0 Å². The van der Waals surface area contributed by atoms with Crippen LogP contribution in [-0.2, 0) is 4.79 Å². The molecular weight excluding hydrogens is 136 g/mol. The first-order valence-corrected chi connectivity index (χ1v) is 4.45. The van der Waals surface area contributed by atoms with Crippen molar-refractivity contribution in [2.24, 2.45) is 11.3 Å². The Hall–Kier alpha value is -0.330. The van der Waals surface area contributed by atoms with Crippen LogP contribution in [0.25, 0.3) is 0 Å². The third kappa shape index (κ3) is 6.08. The number of hydrogen-bond acceptors (Lipinski definition) is 1. The van der Waals surface area contributed by atoms with E-state index in [0.717, 1.165) is 25.5 Å². The summed E-state index contributed by atoms with van der Waals surface area (Å²) in [7, 11) is 0. The summed E-state index contributed by atoms with van der Waals surface area (Å²) in [6, 6.07) is 0. The second kappa shape index (κ2) is 4.53. The van der Waals surface area contributed by atoms with Gasteiger partial charge in [0.25, 0.3) is 0 Å². The monoisotopic (exact) mass is 156 g/mol. The van der Waals surface area contributed by atoms with Gasteiger partial charge in [0.1, 0.15) is 6.29 Å². The van der Waals surface area contributed by atoms with Gasteiger partial charge in [-0.3, -0.25) is 0 Å². The molecule has 0 aromatic heterocycles. The first kappa shape index (κ1) is 10.7. The smallest absolute Gasteiger partial charge is 0.123 e. The van der Waals surface area contributed by atoms with Gasteiger partial charge in [-0.1, -0.05) is 34.1 Å². The molecule has 0 bridgehead atoms. The van der Waals surface area contributed by atoms with Crippen LogP contribution >= 0.6 is 0 Å². The van der Waals surface area contributed by atoms with Crippen LogP contribution in [0.4, 0.5) is 0 Å². The third-order valence-corrected chi connectivity index (χ3v) is 1.73. The summed E-state index contributed by atoms with van der Waals surface area (Å²) in [5.74, 6) is 0.278. The molecule has 1 heteroatoms. The van der Waals surface area contributed by atoms with Gasteiger partial charge in [0.2, 0.25) is 0 Å². The molecular formula is C10H20O.